The molecule has 0 bridgehead atoms. The van der Waals surface area contributed by atoms with E-state index in [4.69, 9.17) is 9.47 Å². The van der Waals surface area contributed by atoms with Crippen molar-refractivity contribution in [2.45, 2.75) is 32.5 Å². The molecule has 0 spiro atoms. The van der Waals surface area contributed by atoms with E-state index in [0.29, 0.717) is 6.61 Å². The molecule has 1 atom stereocenters. The maximum atomic E-state index is 5.56. The van der Waals surface area contributed by atoms with Gasteiger partial charge in [0.2, 0.25) is 0 Å². The van der Waals surface area contributed by atoms with Gasteiger partial charge >= 0.3 is 0 Å². The molecule has 0 aromatic carbocycles. The molecule has 0 radical (unpaired) electrons. The zero-order valence-electron chi connectivity index (χ0n) is 8.54. The summed E-state index contributed by atoms with van der Waals surface area (Å²) >= 11 is 2.21. The lowest BCUT2D eigenvalue weighted by Gasteiger charge is -2.21. The van der Waals surface area contributed by atoms with E-state index in [1.807, 2.05) is 4.08 Å². The lowest BCUT2D eigenvalue weighted by atomic mass is 10.2. The molecule has 0 amide bonds. The third kappa shape index (κ3) is 5.12. The van der Waals surface area contributed by atoms with Gasteiger partial charge < -0.3 is 9.47 Å². The monoisotopic (exact) mass is 308 g/mol. The van der Waals surface area contributed by atoms with Crippen LogP contribution in [-0.4, -0.2) is 19.5 Å². The zero-order valence-corrected chi connectivity index (χ0v) is 10.7. The van der Waals surface area contributed by atoms with Gasteiger partial charge in [0.05, 0.1) is 6.61 Å². The smallest absolute Gasteiger partial charge is 0.157 e. The summed E-state index contributed by atoms with van der Waals surface area (Å²) in [5, 5.41) is 0. The molecule has 1 unspecified atom stereocenters. The molecule has 2 nitrogen and oxygen atoms in total. The number of ether oxygens (including phenoxy) is 2. The summed E-state index contributed by atoms with van der Waals surface area (Å²) in [5.74, 6) is 0. The lowest BCUT2D eigenvalue weighted by Crippen LogP contribution is -2.22. The van der Waals surface area contributed by atoms with Crippen LogP contribution in [0.25, 0.3) is 0 Å². The second-order valence-corrected chi connectivity index (χ2v) is 4.09. The highest BCUT2D eigenvalue weighted by molar-refractivity contribution is 14.1. The molecule has 1 aliphatic rings. The first-order valence-electron chi connectivity index (χ1n) is 4.99. The molecule has 1 saturated heterocycles. The highest BCUT2D eigenvalue weighted by Crippen LogP contribution is 2.13. The Kier molecular flexibility index (Phi) is 6.47. The summed E-state index contributed by atoms with van der Waals surface area (Å²) in [6.45, 7) is 3.57. The normalized spacial score (nSPS) is 24.4. The molecule has 0 aromatic heterocycles. The van der Waals surface area contributed by atoms with Crippen LogP contribution in [0, 0.1) is 0 Å². The maximum absolute atomic E-state index is 5.56. The largest absolute Gasteiger partial charge is 0.353 e. The molecule has 0 aliphatic carbocycles. The number of hydrogen-bond donors (Lipinski definition) is 0. The Bertz CT molecular complexity index is 205. The molecular weight excluding hydrogens is 291 g/mol. The van der Waals surface area contributed by atoms with E-state index >= 15 is 0 Å². The third-order valence-corrected chi connectivity index (χ3v) is 2.51. The molecule has 1 aliphatic heterocycles. The van der Waals surface area contributed by atoms with Crippen molar-refractivity contribution in [1.82, 2.24) is 0 Å². The van der Waals surface area contributed by atoms with E-state index < -0.39 is 0 Å². The highest BCUT2D eigenvalue weighted by atomic mass is 127. The Balaban J connectivity index is 2.16. The average Bonchev–Trinajstić information content (AvgIpc) is 2.20. The SMILES string of the molecule is CC(/C=C/I)=C\COC1CCCCO1. The predicted molar refractivity (Wildman–Crippen MR) is 66.5 cm³/mol. The van der Waals surface area contributed by atoms with Crippen molar-refractivity contribution in [3.63, 3.8) is 0 Å². The summed E-state index contributed by atoms with van der Waals surface area (Å²) < 4.78 is 13.0. The third-order valence-electron chi connectivity index (χ3n) is 2.15. The quantitative estimate of drug-likeness (QED) is 0.585. The standard InChI is InChI=1S/C11H17IO2/c1-10(5-7-12)6-9-14-11-4-2-3-8-13-11/h5-7,11H,2-4,8-9H2,1H3/b7-5+,10-6+. The van der Waals surface area contributed by atoms with Crippen LogP contribution in [-0.2, 0) is 9.47 Å². The van der Waals surface area contributed by atoms with Crippen molar-refractivity contribution in [2.24, 2.45) is 0 Å². The first kappa shape index (κ1) is 12.2. The van der Waals surface area contributed by atoms with Gasteiger partial charge in [0.15, 0.2) is 6.29 Å². The van der Waals surface area contributed by atoms with Crippen LogP contribution in [0.2, 0.25) is 0 Å². The van der Waals surface area contributed by atoms with Crippen molar-refractivity contribution in [3.8, 4) is 0 Å². The van der Waals surface area contributed by atoms with Crippen molar-refractivity contribution < 1.29 is 9.47 Å². The Morgan fingerprint density at radius 3 is 3.07 bits per heavy atom. The highest BCUT2D eigenvalue weighted by Gasteiger charge is 2.12. The minimum absolute atomic E-state index is 0.0244. The minimum atomic E-state index is 0.0244. The zero-order chi connectivity index (χ0) is 10.2. The molecule has 1 fully saturated rings. The average molecular weight is 308 g/mol. The second-order valence-electron chi connectivity index (χ2n) is 3.37. The fourth-order valence-corrected chi connectivity index (χ4v) is 1.86. The van der Waals surface area contributed by atoms with Gasteiger partial charge in [-0.3, -0.25) is 0 Å². The maximum Gasteiger partial charge on any atom is 0.157 e. The van der Waals surface area contributed by atoms with E-state index in [9.17, 15) is 0 Å². The van der Waals surface area contributed by atoms with Crippen LogP contribution in [0.3, 0.4) is 0 Å². The summed E-state index contributed by atoms with van der Waals surface area (Å²) in [6, 6.07) is 0. The minimum Gasteiger partial charge on any atom is -0.353 e. The number of allylic oxidation sites excluding steroid dienone is 2. The number of hydrogen-bond acceptors (Lipinski definition) is 2. The fourth-order valence-electron chi connectivity index (χ4n) is 1.30. The van der Waals surface area contributed by atoms with Crippen LogP contribution in [0.15, 0.2) is 21.8 Å². The Labute approximate surface area is 99.5 Å². The van der Waals surface area contributed by atoms with Gasteiger partial charge in [-0.15, -0.1) is 0 Å². The number of halogens is 1. The molecule has 3 heteroatoms. The molecule has 1 heterocycles. The van der Waals surface area contributed by atoms with Crippen molar-refractivity contribution in [2.75, 3.05) is 13.2 Å². The van der Waals surface area contributed by atoms with Crippen LogP contribution in [0.1, 0.15) is 26.2 Å². The van der Waals surface area contributed by atoms with Crippen molar-refractivity contribution in [3.05, 3.63) is 21.8 Å². The van der Waals surface area contributed by atoms with E-state index in [1.54, 1.807) is 0 Å². The topological polar surface area (TPSA) is 18.5 Å². The summed E-state index contributed by atoms with van der Waals surface area (Å²) in [6.07, 6.45) is 7.59. The Morgan fingerprint density at radius 1 is 1.57 bits per heavy atom. The fraction of sp³-hybridized carbons (Fsp3) is 0.636. The summed E-state index contributed by atoms with van der Waals surface area (Å²) in [4.78, 5) is 0. The van der Waals surface area contributed by atoms with E-state index in [-0.39, 0.29) is 6.29 Å². The van der Waals surface area contributed by atoms with Gasteiger partial charge in [-0.05, 0) is 30.3 Å². The summed E-state index contributed by atoms with van der Waals surface area (Å²) in [5.41, 5.74) is 1.23. The molecular formula is C11H17IO2. The Morgan fingerprint density at radius 2 is 2.43 bits per heavy atom. The first-order chi connectivity index (χ1) is 6.83. The predicted octanol–water partition coefficient (Wildman–Crippen LogP) is 3.42. The van der Waals surface area contributed by atoms with Gasteiger partial charge in [0, 0.05) is 6.61 Å². The van der Waals surface area contributed by atoms with Crippen LogP contribution in [0.4, 0.5) is 0 Å². The van der Waals surface area contributed by atoms with E-state index in [0.717, 1.165) is 13.0 Å². The molecule has 1 rings (SSSR count). The van der Waals surface area contributed by atoms with Crippen LogP contribution in [0.5, 0.6) is 0 Å². The van der Waals surface area contributed by atoms with Crippen LogP contribution >= 0.6 is 22.6 Å². The van der Waals surface area contributed by atoms with E-state index in [1.165, 1.54) is 18.4 Å². The molecule has 80 valence electrons. The van der Waals surface area contributed by atoms with Crippen LogP contribution < -0.4 is 0 Å². The molecule has 0 N–H and O–H groups in total. The molecule has 0 saturated carbocycles. The van der Waals surface area contributed by atoms with Crippen molar-refractivity contribution >= 4 is 22.6 Å². The first-order valence-corrected chi connectivity index (χ1v) is 6.24. The van der Waals surface area contributed by atoms with Gasteiger partial charge in [-0.1, -0.05) is 40.3 Å². The lowest BCUT2D eigenvalue weighted by molar-refractivity contribution is -0.155. The second kappa shape index (κ2) is 7.43. The Hall–Kier alpha value is 0.130. The summed E-state index contributed by atoms with van der Waals surface area (Å²) in [7, 11) is 0. The van der Waals surface area contributed by atoms with E-state index in [2.05, 4.69) is 41.7 Å². The van der Waals surface area contributed by atoms with Gasteiger partial charge in [0.25, 0.3) is 0 Å². The van der Waals surface area contributed by atoms with Gasteiger partial charge in [0.1, 0.15) is 0 Å². The van der Waals surface area contributed by atoms with Gasteiger partial charge in [-0.2, -0.15) is 0 Å². The number of rotatable bonds is 4. The van der Waals surface area contributed by atoms with Gasteiger partial charge in [-0.25, -0.2) is 0 Å². The van der Waals surface area contributed by atoms with Crippen molar-refractivity contribution in [1.29, 1.82) is 0 Å². The molecule has 0 aromatic rings. The molecule has 14 heavy (non-hydrogen) atoms.